The van der Waals surface area contributed by atoms with Gasteiger partial charge in [-0.1, -0.05) is 62.4 Å². The lowest BCUT2D eigenvalue weighted by atomic mass is 10.0. The van der Waals surface area contributed by atoms with Crippen molar-refractivity contribution in [1.82, 2.24) is 0 Å². The van der Waals surface area contributed by atoms with Gasteiger partial charge in [-0.05, 0) is 29.5 Å². The molecule has 2 rings (SSSR count). The van der Waals surface area contributed by atoms with Gasteiger partial charge in [-0.25, -0.2) is 0 Å². The summed E-state index contributed by atoms with van der Waals surface area (Å²) in [5, 5.41) is 3.21. The van der Waals surface area contributed by atoms with Crippen LogP contribution in [0.3, 0.4) is 0 Å². The van der Waals surface area contributed by atoms with Gasteiger partial charge in [-0.2, -0.15) is 0 Å². The van der Waals surface area contributed by atoms with Crippen LogP contribution in [0.25, 0.3) is 0 Å². The van der Waals surface area contributed by atoms with Crippen molar-refractivity contribution in [2.75, 3.05) is 11.9 Å². The number of nitrogens with zero attached hydrogens (tertiary/aromatic N) is 1. The predicted molar refractivity (Wildman–Crippen MR) is 90.6 cm³/mol. The number of nitrogens with two attached hydrogens (primary N) is 1. The summed E-state index contributed by atoms with van der Waals surface area (Å²) in [6, 6.07) is 18.6. The molecule has 0 aromatic heterocycles. The fourth-order valence-corrected chi connectivity index (χ4v) is 2.07. The van der Waals surface area contributed by atoms with Gasteiger partial charge in [0.05, 0.1) is 0 Å². The number of nitrogens with one attached hydrogen (secondary N) is 1. The average Bonchev–Trinajstić information content (AvgIpc) is 2.48. The van der Waals surface area contributed by atoms with Crippen LogP contribution in [0.2, 0.25) is 0 Å². The zero-order chi connectivity index (χ0) is 15.1. The smallest absolute Gasteiger partial charge is 0.193 e. The molecule has 0 fully saturated rings. The molecule has 0 aliphatic rings. The van der Waals surface area contributed by atoms with Crippen molar-refractivity contribution in [3.63, 3.8) is 0 Å². The van der Waals surface area contributed by atoms with Gasteiger partial charge < -0.3 is 11.1 Å². The van der Waals surface area contributed by atoms with Gasteiger partial charge in [0, 0.05) is 12.2 Å². The Morgan fingerprint density at radius 2 is 1.71 bits per heavy atom. The molecule has 0 radical (unpaired) electrons. The highest BCUT2D eigenvalue weighted by Gasteiger charge is 2.04. The van der Waals surface area contributed by atoms with Crippen LogP contribution in [0.5, 0.6) is 0 Å². The van der Waals surface area contributed by atoms with Crippen molar-refractivity contribution in [2.24, 2.45) is 16.6 Å². The van der Waals surface area contributed by atoms with E-state index < -0.39 is 0 Å². The molecule has 3 heteroatoms. The summed E-state index contributed by atoms with van der Waals surface area (Å²) >= 11 is 0. The number of anilines is 1. The fourth-order valence-electron chi connectivity index (χ4n) is 2.07. The Bertz CT molecular complexity index is 588. The number of hydrogen-bond donors (Lipinski definition) is 2. The second kappa shape index (κ2) is 7.48. The molecule has 3 nitrogen and oxygen atoms in total. The predicted octanol–water partition coefficient (Wildman–Crippen LogP) is 3.66. The molecule has 21 heavy (non-hydrogen) atoms. The zero-order valence-corrected chi connectivity index (χ0v) is 12.7. The number of guanidine groups is 1. The minimum atomic E-state index is 0.476. The van der Waals surface area contributed by atoms with E-state index in [0.717, 1.165) is 18.7 Å². The molecule has 0 aliphatic carbocycles. The van der Waals surface area contributed by atoms with E-state index >= 15 is 0 Å². The second-order valence-electron chi connectivity index (χ2n) is 5.56. The van der Waals surface area contributed by atoms with E-state index in [9.17, 15) is 0 Å². The molecule has 0 saturated heterocycles. The van der Waals surface area contributed by atoms with Crippen molar-refractivity contribution in [3.05, 3.63) is 65.7 Å². The molecule has 0 amide bonds. The van der Waals surface area contributed by atoms with E-state index in [2.05, 4.69) is 54.5 Å². The Morgan fingerprint density at radius 1 is 1.05 bits per heavy atom. The third-order valence-electron chi connectivity index (χ3n) is 3.14. The summed E-state index contributed by atoms with van der Waals surface area (Å²) in [6.07, 6.45) is 0.876. The molecule has 3 N–H and O–H groups in total. The van der Waals surface area contributed by atoms with E-state index in [-0.39, 0.29) is 0 Å². The fraction of sp³-hybridized carbons (Fsp3) is 0.278. The summed E-state index contributed by atoms with van der Waals surface area (Å²) in [5.41, 5.74) is 9.47. The van der Waals surface area contributed by atoms with Crippen molar-refractivity contribution in [2.45, 2.75) is 20.3 Å². The minimum Gasteiger partial charge on any atom is -0.370 e. The van der Waals surface area contributed by atoms with Crippen LogP contribution in [0.4, 0.5) is 5.69 Å². The first-order chi connectivity index (χ1) is 10.1. The van der Waals surface area contributed by atoms with Crippen molar-refractivity contribution in [1.29, 1.82) is 0 Å². The third-order valence-corrected chi connectivity index (χ3v) is 3.14. The van der Waals surface area contributed by atoms with Crippen LogP contribution in [0.1, 0.15) is 25.0 Å². The van der Waals surface area contributed by atoms with Gasteiger partial charge in [-0.15, -0.1) is 0 Å². The average molecular weight is 281 g/mol. The van der Waals surface area contributed by atoms with Crippen LogP contribution in [-0.4, -0.2) is 12.5 Å². The van der Waals surface area contributed by atoms with Crippen LogP contribution in [0.15, 0.2) is 59.6 Å². The molecule has 110 valence electrons. The maximum absolute atomic E-state index is 5.96. The molecule has 0 unspecified atom stereocenters. The zero-order valence-electron chi connectivity index (χ0n) is 12.7. The molecule has 0 aliphatic heterocycles. The molecule has 0 atom stereocenters. The first-order valence-corrected chi connectivity index (χ1v) is 7.34. The monoisotopic (exact) mass is 281 g/mol. The van der Waals surface area contributed by atoms with E-state index in [0.29, 0.717) is 11.9 Å². The van der Waals surface area contributed by atoms with E-state index in [1.165, 1.54) is 11.1 Å². The van der Waals surface area contributed by atoms with Gasteiger partial charge >= 0.3 is 0 Å². The Balaban J connectivity index is 2.12. The summed E-state index contributed by atoms with van der Waals surface area (Å²) in [7, 11) is 0. The van der Waals surface area contributed by atoms with E-state index in [1.807, 2.05) is 24.3 Å². The lowest BCUT2D eigenvalue weighted by Gasteiger charge is -2.12. The van der Waals surface area contributed by atoms with Crippen LogP contribution >= 0.6 is 0 Å². The lowest BCUT2D eigenvalue weighted by molar-refractivity contribution is 0.665. The van der Waals surface area contributed by atoms with Crippen molar-refractivity contribution >= 4 is 11.6 Å². The van der Waals surface area contributed by atoms with Gasteiger partial charge in [-0.3, -0.25) is 4.99 Å². The maximum Gasteiger partial charge on any atom is 0.193 e. The van der Waals surface area contributed by atoms with E-state index in [4.69, 9.17) is 5.73 Å². The molecule has 0 spiro atoms. The molecule has 0 bridgehead atoms. The summed E-state index contributed by atoms with van der Waals surface area (Å²) in [4.78, 5) is 4.35. The second-order valence-corrected chi connectivity index (χ2v) is 5.56. The highest BCUT2D eigenvalue weighted by molar-refractivity contribution is 5.93. The van der Waals surface area contributed by atoms with Crippen LogP contribution in [0, 0.1) is 5.92 Å². The number of hydrogen-bond acceptors (Lipinski definition) is 1. The highest BCUT2D eigenvalue weighted by atomic mass is 15.1. The number of rotatable bonds is 5. The lowest BCUT2D eigenvalue weighted by Crippen LogP contribution is -2.24. The van der Waals surface area contributed by atoms with Gasteiger partial charge in [0.1, 0.15) is 0 Å². The van der Waals surface area contributed by atoms with Gasteiger partial charge in [0.15, 0.2) is 5.96 Å². The quantitative estimate of drug-likeness (QED) is 0.649. The first kappa shape index (κ1) is 15.1. The normalized spacial score (nSPS) is 11.7. The molecule has 0 heterocycles. The van der Waals surface area contributed by atoms with Gasteiger partial charge in [0.2, 0.25) is 0 Å². The molecular formula is C18H23N3. The summed E-state index contributed by atoms with van der Waals surface area (Å²) in [6.45, 7) is 4.99. The minimum absolute atomic E-state index is 0.476. The third kappa shape index (κ3) is 4.95. The SMILES string of the molecule is CC(C)CN=C(N)Nc1ccccc1Cc1ccccc1. The highest BCUT2D eigenvalue weighted by Crippen LogP contribution is 2.18. The van der Waals surface area contributed by atoms with Crippen molar-refractivity contribution in [3.8, 4) is 0 Å². The Morgan fingerprint density at radius 3 is 2.43 bits per heavy atom. The molecule has 0 saturated carbocycles. The Kier molecular flexibility index (Phi) is 5.38. The van der Waals surface area contributed by atoms with Crippen LogP contribution in [-0.2, 0) is 6.42 Å². The van der Waals surface area contributed by atoms with Gasteiger partial charge in [0.25, 0.3) is 0 Å². The first-order valence-electron chi connectivity index (χ1n) is 7.34. The molecule has 2 aromatic carbocycles. The van der Waals surface area contributed by atoms with Crippen LogP contribution < -0.4 is 11.1 Å². The maximum atomic E-state index is 5.96. The summed E-state index contributed by atoms with van der Waals surface area (Å²) in [5.74, 6) is 0.981. The van der Waals surface area contributed by atoms with Crippen molar-refractivity contribution < 1.29 is 0 Å². The van der Waals surface area contributed by atoms with E-state index in [1.54, 1.807) is 0 Å². The summed E-state index contributed by atoms with van der Waals surface area (Å²) < 4.78 is 0. The number of para-hydroxylation sites is 1. The topological polar surface area (TPSA) is 50.4 Å². The Hall–Kier alpha value is -2.29. The number of aliphatic imine (C=N–C) groups is 1. The molecular weight excluding hydrogens is 258 g/mol. The largest absolute Gasteiger partial charge is 0.370 e. The number of benzene rings is 2. The standard InChI is InChI=1S/C18H23N3/c1-14(2)13-20-18(19)21-17-11-7-6-10-16(17)12-15-8-4-3-5-9-15/h3-11,14H,12-13H2,1-2H3,(H3,19,20,21). The molecule has 2 aromatic rings. The Labute approximate surface area is 126 Å².